The number of fused-ring (bicyclic) bond motifs is 1. The lowest BCUT2D eigenvalue weighted by Gasteiger charge is -2.22. The Morgan fingerprint density at radius 1 is 1.35 bits per heavy atom. The normalized spacial score (nSPS) is 18.6. The lowest BCUT2D eigenvalue weighted by atomic mass is 10.2. The molecule has 3 rings (SSSR count). The van der Waals surface area contributed by atoms with Crippen LogP contribution in [-0.4, -0.2) is 26.7 Å². The van der Waals surface area contributed by atoms with E-state index >= 15 is 0 Å². The van der Waals surface area contributed by atoms with Crippen molar-refractivity contribution in [3.05, 3.63) is 30.1 Å². The number of halogens is 1. The van der Waals surface area contributed by atoms with Gasteiger partial charge in [0, 0.05) is 17.4 Å². The van der Waals surface area contributed by atoms with E-state index < -0.39 is 0 Å². The minimum atomic E-state index is -0.247. The Hall–Kier alpha value is -1.56. The zero-order valence-corrected chi connectivity index (χ0v) is 10.0. The molecule has 0 bridgehead atoms. The van der Waals surface area contributed by atoms with E-state index in [1.54, 1.807) is 23.9 Å². The number of nitrogens with zero attached hydrogens (tertiary/aromatic N) is 3. The van der Waals surface area contributed by atoms with Crippen molar-refractivity contribution >= 4 is 11.8 Å². The van der Waals surface area contributed by atoms with Gasteiger partial charge in [-0.2, -0.15) is 0 Å². The molecule has 1 unspecified atom stereocenters. The predicted octanol–water partition coefficient (Wildman–Crippen LogP) is 2.12. The molecule has 0 amide bonds. The third kappa shape index (κ3) is 1.88. The maximum Gasteiger partial charge on any atom is 0.210 e. The molecule has 0 saturated carbocycles. The van der Waals surface area contributed by atoms with Crippen LogP contribution < -0.4 is 5.43 Å². The SMILES string of the molecule is CC1CSc2nnc(-c3ccc(F)cc3)n2N1. The van der Waals surface area contributed by atoms with E-state index in [0.717, 1.165) is 22.3 Å². The fraction of sp³-hybridized carbons (Fsp3) is 0.273. The van der Waals surface area contributed by atoms with Crippen LogP contribution in [0.1, 0.15) is 6.92 Å². The molecule has 1 N–H and O–H groups in total. The summed E-state index contributed by atoms with van der Waals surface area (Å²) in [5.41, 5.74) is 4.15. The Labute approximate surface area is 102 Å². The van der Waals surface area contributed by atoms with Gasteiger partial charge >= 0.3 is 0 Å². The molecule has 0 spiro atoms. The number of hydrogen-bond acceptors (Lipinski definition) is 4. The summed E-state index contributed by atoms with van der Waals surface area (Å²) in [6, 6.07) is 6.63. The number of aromatic nitrogens is 3. The maximum atomic E-state index is 12.9. The summed E-state index contributed by atoms with van der Waals surface area (Å²) >= 11 is 1.67. The first-order valence-corrected chi connectivity index (χ1v) is 6.33. The van der Waals surface area contributed by atoms with Crippen molar-refractivity contribution in [2.75, 3.05) is 11.2 Å². The van der Waals surface area contributed by atoms with Crippen molar-refractivity contribution < 1.29 is 4.39 Å². The predicted molar refractivity (Wildman–Crippen MR) is 65.0 cm³/mol. The largest absolute Gasteiger partial charge is 0.318 e. The first-order valence-electron chi connectivity index (χ1n) is 5.35. The standard InChI is InChI=1S/C11H11FN4S/c1-7-6-17-11-14-13-10(16(11)15-7)8-2-4-9(12)5-3-8/h2-5,7,15H,6H2,1H3. The summed E-state index contributed by atoms with van der Waals surface area (Å²) in [6.07, 6.45) is 0. The van der Waals surface area contributed by atoms with E-state index in [-0.39, 0.29) is 5.82 Å². The van der Waals surface area contributed by atoms with Gasteiger partial charge < -0.3 is 5.43 Å². The molecule has 0 aliphatic carbocycles. The third-order valence-corrected chi connectivity index (χ3v) is 3.74. The quantitative estimate of drug-likeness (QED) is 0.842. The zero-order chi connectivity index (χ0) is 11.8. The lowest BCUT2D eigenvalue weighted by Crippen LogP contribution is -2.32. The third-order valence-electron chi connectivity index (χ3n) is 2.55. The molecule has 88 valence electrons. The highest BCUT2D eigenvalue weighted by Crippen LogP contribution is 2.26. The summed E-state index contributed by atoms with van der Waals surface area (Å²) in [5, 5.41) is 9.10. The number of nitrogens with one attached hydrogen (secondary N) is 1. The van der Waals surface area contributed by atoms with Gasteiger partial charge in [-0.25, -0.2) is 9.07 Å². The molecule has 2 heterocycles. The molecule has 0 radical (unpaired) electrons. The first kappa shape index (κ1) is 10.6. The maximum absolute atomic E-state index is 12.9. The van der Waals surface area contributed by atoms with E-state index in [4.69, 9.17) is 0 Å². The van der Waals surface area contributed by atoms with Crippen LogP contribution in [0.2, 0.25) is 0 Å². The molecule has 17 heavy (non-hydrogen) atoms. The second-order valence-corrected chi connectivity index (χ2v) is 4.98. The fourth-order valence-electron chi connectivity index (χ4n) is 1.72. The molecule has 1 aromatic carbocycles. The van der Waals surface area contributed by atoms with E-state index in [1.165, 1.54) is 12.1 Å². The van der Waals surface area contributed by atoms with Crippen LogP contribution >= 0.6 is 11.8 Å². The Balaban J connectivity index is 2.04. The van der Waals surface area contributed by atoms with E-state index in [1.807, 2.05) is 4.68 Å². The Bertz CT molecular complexity index is 537. The fourth-order valence-corrected chi connectivity index (χ4v) is 2.56. The van der Waals surface area contributed by atoms with Gasteiger partial charge in [-0.05, 0) is 31.2 Å². The second-order valence-electron chi connectivity index (χ2n) is 3.99. The zero-order valence-electron chi connectivity index (χ0n) is 9.22. The van der Waals surface area contributed by atoms with Crippen LogP contribution in [-0.2, 0) is 0 Å². The average Bonchev–Trinajstić information content (AvgIpc) is 2.73. The minimum Gasteiger partial charge on any atom is -0.318 e. The van der Waals surface area contributed by atoms with Crippen LogP contribution in [0.3, 0.4) is 0 Å². The molecule has 0 saturated heterocycles. The van der Waals surface area contributed by atoms with Crippen LogP contribution in [0, 0.1) is 5.82 Å². The topological polar surface area (TPSA) is 42.7 Å². The van der Waals surface area contributed by atoms with Gasteiger partial charge in [0.25, 0.3) is 0 Å². The molecule has 1 atom stereocenters. The number of rotatable bonds is 1. The summed E-state index contributed by atoms with van der Waals surface area (Å²) < 4.78 is 14.7. The van der Waals surface area contributed by atoms with Crippen molar-refractivity contribution in [1.29, 1.82) is 0 Å². The molecular weight excluding hydrogens is 239 g/mol. The van der Waals surface area contributed by atoms with Gasteiger partial charge in [-0.1, -0.05) is 11.8 Å². The van der Waals surface area contributed by atoms with Crippen molar-refractivity contribution in [3.63, 3.8) is 0 Å². The van der Waals surface area contributed by atoms with Crippen LogP contribution in [0.15, 0.2) is 29.4 Å². The van der Waals surface area contributed by atoms with Gasteiger partial charge in [0.15, 0.2) is 5.82 Å². The van der Waals surface area contributed by atoms with Gasteiger partial charge in [-0.15, -0.1) is 10.2 Å². The monoisotopic (exact) mass is 250 g/mol. The van der Waals surface area contributed by atoms with E-state index in [2.05, 4.69) is 22.5 Å². The molecule has 0 fully saturated rings. The molecule has 1 aliphatic heterocycles. The van der Waals surface area contributed by atoms with Gasteiger partial charge in [-0.3, -0.25) is 0 Å². The Kier molecular flexibility index (Phi) is 2.51. The highest BCUT2D eigenvalue weighted by Gasteiger charge is 2.20. The molecule has 2 aromatic rings. The Morgan fingerprint density at radius 3 is 2.88 bits per heavy atom. The summed E-state index contributed by atoms with van der Waals surface area (Å²) in [5.74, 6) is 1.45. The highest BCUT2D eigenvalue weighted by molar-refractivity contribution is 7.99. The molecule has 1 aliphatic rings. The smallest absolute Gasteiger partial charge is 0.210 e. The summed E-state index contributed by atoms with van der Waals surface area (Å²) in [4.78, 5) is 0. The first-order chi connectivity index (χ1) is 8.24. The minimum absolute atomic E-state index is 0.247. The van der Waals surface area contributed by atoms with Gasteiger partial charge in [0.2, 0.25) is 5.16 Å². The van der Waals surface area contributed by atoms with Crippen molar-refractivity contribution in [3.8, 4) is 11.4 Å². The number of benzene rings is 1. The van der Waals surface area contributed by atoms with E-state index in [9.17, 15) is 4.39 Å². The number of hydrogen-bond donors (Lipinski definition) is 1. The van der Waals surface area contributed by atoms with E-state index in [0.29, 0.717) is 6.04 Å². The molecular formula is C11H11FN4S. The van der Waals surface area contributed by atoms with Crippen molar-refractivity contribution in [1.82, 2.24) is 14.9 Å². The summed E-state index contributed by atoms with van der Waals surface area (Å²) in [6.45, 7) is 2.10. The highest BCUT2D eigenvalue weighted by atomic mass is 32.2. The van der Waals surface area contributed by atoms with Gasteiger partial charge in [0.1, 0.15) is 5.82 Å². The summed E-state index contributed by atoms with van der Waals surface area (Å²) in [7, 11) is 0. The second kappa shape index (κ2) is 4.03. The molecule has 1 aromatic heterocycles. The van der Waals surface area contributed by atoms with Crippen LogP contribution in [0.4, 0.5) is 4.39 Å². The van der Waals surface area contributed by atoms with Crippen molar-refractivity contribution in [2.45, 2.75) is 18.1 Å². The Morgan fingerprint density at radius 2 is 2.12 bits per heavy atom. The van der Waals surface area contributed by atoms with Crippen LogP contribution in [0.25, 0.3) is 11.4 Å². The van der Waals surface area contributed by atoms with Crippen LogP contribution in [0.5, 0.6) is 0 Å². The lowest BCUT2D eigenvalue weighted by molar-refractivity contribution is 0.627. The average molecular weight is 250 g/mol. The molecule has 4 nitrogen and oxygen atoms in total. The number of thioether (sulfide) groups is 1. The molecule has 6 heteroatoms. The van der Waals surface area contributed by atoms with Crippen molar-refractivity contribution in [2.24, 2.45) is 0 Å². The van der Waals surface area contributed by atoms with Gasteiger partial charge in [0.05, 0.1) is 0 Å².